The maximum absolute atomic E-state index is 10.9. The lowest BCUT2D eigenvalue weighted by atomic mass is 10.3. The van der Waals surface area contributed by atoms with Crippen molar-refractivity contribution in [2.45, 2.75) is 0 Å². The number of aromatic nitrogens is 2. The molecule has 5 nitrogen and oxygen atoms in total. The van der Waals surface area contributed by atoms with Crippen LogP contribution in [0.5, 0.6) is 0 Å². The minimum atomic E-state index is -1.23. The van der Waals surface area contributed by atoms with Crippen molar-refractivity contribution in [2.24, 2.45) is 7.05 Å². The second kappa shape index (κ2) is 2.53. The Bertz CT molecular complexity index is 342. The van der Waals surface area contributed by atoms with Crippen LogP contribution in [0.4, 0.5) is 0 Å². The second-order valence-electron chi connectivity index (χ2n) is 1.98. The molecule has 0 bridgehead atoms. The fourth-order valence-electron chi connectivity index (χ4n) is 0.669. The number of carbonyl (C=O) groups is 1. The Kier molecular flexibility index (Phi) is 1.72. The minimum absolute atomic E-state index is 0.262. The molecule has 0 aliphatic carbocycles. The van der Waals surface area contributed by atoms with Crippen LogP contribution >= 0.6 is 0 Å². The van der Waals surface area contributed by atoms with Gasteiger partial charge in [0.2, 0.25) is 0 Å². The van der Waals surface area contributed by atoms with E-state index in [9.17, 15) is 9.59 Å². The maximum atomic E-state index is 10.9. The summed E-state index contributed by atoms with van der Waals surface area (Å²) < 4.78 is 0.976. The lowest BCUT2D eigenvalue weighted by Gasteiger charge is -1.95. The fraction of sp³-hybridized carbons (Fsp3) is 0.167. The zero-order valence-corrected chi connectivity index (χ0v) is 5.81. The fourth-order valence-corrected chi connectivity index (χ4v) is 0.669. The summed E-state index contributed by atoms with van der Waals surface area (Å²) in [5.74, 6) is -1.23. The first-order valence-corrected chi connectivity index (χ1v) is 2.88. The summed E-state index contributed by atoms with van der Waals surface area (Å²) in [6, 6.07) is 1.17. The summed E-state index contributed by atoms with van der Waals surface area (Å²) in [5.41, 5.74) is -0.859. The summed E-state index contributed by atoms with van der Waals surface area (Å²) in [5, 5.41) is 12.0. The van der Waals surface area contributed by atoms with Crippen LogP contribution in [-0.4, -0.2) is 20.9 Å². The van der Waals surface area contributed by atoms with E-state index in [0.29, 0.717) is 0 Å². The molecule has 0 saturated carbocycles. The predicted octanol–water partition coefficient (Wildman–Crippen LogP) is -0.521. The molecule has 1 N–H and O–H groups in total. The Morgan fingerprint density at radius 3 is 2.82 bits per heavy atom. The van der Waals surface area contributed by atoms with Crippen molar-refractivity contribution in [3.05, 3.63) is 28.2 Å². The molecule has 0 atom stereocenters. The van der Waals surface area contributed by atoms with Crippen LogP contribution in [0.2, 0.25) is 0 Å². The summed E-state index contributed by atoms with van der Waals surface area (Å²) in [7, 11) is 1.40. The number of carboxylic acid groups (broad SMARTS) is 1. The average Bonchev–Trinajstić information content (AvgIpc) is 1.94. The molecule has 0 saturated heterocycles. The number of aryl methyl sites for hydroxylation is 1. The molecular weight excluding hydrogens is 148 g/mol. The van der Waals surface area contributed by atoms with Crippen molar-refractivity contribution < 1.29 is 9.90 Å². The highest BCUT2D eigenvalue weighted by molar-refractivity contribution is 5.86. The average molecular weight is 154 g/mol. The van der Waals surface area contributed by atoms with E-state index in [1.165, 1.54) is 19.3 Å². The van der Waals surface area contributed by atoms with Gasteiger partial charge in [-0.1, -0.05) is 0 Å². The largest absolute Gasteiger partial charge is 0.477 e. The Balaban J connectivity index is 3.40. The van der Waals surface area contributed by atoms with Gasteiger partial charge in [-0.3, -0.25) is 4.79 Å². The van der Waals surface area contributed by atoms with Gasteiger partial charge in [-0.15, -0.1) is 0 Å². The van der Waals surface area contributed by atoms with Gasteiger partial charge in [0, 0.05) is 13.2 Å². The molecule has 0 amide bonds. The number of carboxylic acids is 1. The monoisotopic (exact) mass is 154 g/mol. The predicted molar refractivity (Wildman–Crippen MR) is 36.4 cm³/mol. The van der Waals surface area contributed by atoms with Crippen molar-refractivity contribution in [3.8, 4) is 0 Å². The van der Waals surface area contributed by atoms with Crippen molar-refractivity contribution in [1.29, 1.82) is 0 Å². The molecular formula is C6H6N2O3. The van der Waals surface area contributed by atoms with E-state index < -0.39 is 11.5 Å². The second-order valence-corrected chi connectivity index (χ2v) is 1.98. The molecule has 0 unspecified atom stereocenters. The van der Waals surface area contributed by atoms with Gasteiger partial charge in [0.15, 0.2) is 0 Å². The molecule has 0 fully saturated rings. The summed E-state index contributed by atoms with van der Waals surface area (Å²) in [4.78, 5) is 21.3. The molecule has 0 aromatic carbocycles. The van der Waals surface area contributed by atoms with Gasteiger partial charge in [-0.05, 0) is 6.07 Å². The van der Waals surface area contributed by atoms with E-state index in [-0.39, 0.29) is 5.56 Å². The zero-order chi connectivity index (χ0) is 8.43. The molecule has 0 aliphatic rings. The molecule has 1 aromatic heterocycles. The van der Waals surface area contributed by atoms with Gasteiger partial charge in [-0.25, -0.2) is 9.48 Å². The Morgan fingerprint density at radius 2 is 2.36 bits per heavy atom. The third kappa shape index (κ3) is 1.26. The molecule has 1 aromatic rings. The number of aromatic carboxylic acids is 1. The van der Waals surface area contributed by atoms with Crippen LogP contribution in [0, 0.1) is 0 Å². The molecule has 0 radical (unpaired) electrons. The highest BCUT2D eigenvalue weighted by Crippen LogP contribution is 1.86. The van der Waals surface area contributed by atoms with Gasteiger partial charge in [0.05, 0.1) is 0 Å². The molecule has 11 heavy (non-hydrogen) atoms. The van der Waals surface area contributed by atoms with E-state index in [1.54, 1.807) is 0 Å². The lowest BCUT2D eigenvalue weighted by Crippen LogP contribution is -2.25. The highest BCUT2D eigenvalue weighted by Gasteiger charge is 2.07. The van der Waals surface area contributed by atoms with Gasteiger partial charge in [0.1, 0.15) is 5.56 Å². The van der Waals surface area contributed by atoms with Crippen LogP contribution in [0.15, 0.2) is 17.1 Å². The molecule has 0 aliphatic heterocycles. The number of rotatable bonds is 1. The van der Waals surface area contributed by atoms with Crippen LogP contribution < -0.4 is 5.56 Å². The summed E-state index contributed by atoms with van der Waals surface area (Å²) >= 11 is 0. The maximum Gasteiger partial charge on any atom is 0.341 e. The smallest absolute Gasteiger partial charge is 0.341 e. The van der Waals surface area contributed by atoms with E-state index in [0.717, 1.165) is 4.68 Å². The molecule has 58 valence electrons. The van der Waals surface area contributed by atoms with E-state index in [1.807, 2.05) is 0 Å². The summed E-state index contributed by atoms with van der Waals surface area (Å²) in [6.07, 6.45) is 1.27. The van der Waals surface area contributed by atoms with Crippen molar-refractivity contribution >= 4 is 5.97 Å². The third-order valence-corrected chi connectivity index (χ3v) is 1.24. The number of hydrogen-bond acceptors (Lipinski definition) is 3. The molecule has 1 rings (SSSR count). The van der Waals surface area contributed by atoms with E-state index in [4.69, 9.17) is 5.11 Å². The van der Waals surface area contributed by atoms with Crippen molar-refractivity contribution in [3.63, 3.8) is 0 Å². The third-order valence-electron chi connectivity index (χ3n) is 1.24. The van der Waals surface area contributed by atoms with Crippen molar-refractivity contribution in [1.82, 2.24) is 9.78 Å². The molecule has 0 spiro atoms. The highest BCUT2D eigenvalue weighted by atomic mass is 16.4. The summed E-state index contributed by atoms with van der Waals surface area (Å²) in [6.45, 7) is 0. The SMILES string of the molecule is Cn1nccc(C(=O)O)c1=O. The lowest BCUT2D eigenvalue weighted by molar-refractivity contribution is 0.0694. The quantitative estimate of drug-likeness (QED) is 0.590. The Labute approximate surface area is 61.9 Å². The zero-order valence-electron chi connectivity index (χ0n) is 5.81. The number of nitrogens with zero attached hydrogens (tertiary/aromatic N) is 2. The van der Waals surface area contributed by atoms with E-state index >= 15 is 0 Å². The molecule has 5 heteroatoms. The van der Waals surface area contributed by atoms with Crippen LogP contribution in [0.25, 0.3) is 0 Å². The van der Waals surface area contributed by atoms with Gasteiger partial charge < -0.3 is 5.11 Å². The van der Waals surface area contributed by atoms with Gasteiger partial charge in [-0.2, -0.15) is 5.10 Å². The molecule has 1 heterocycles. The number of hydrogen-bond donors (Lipinski definition) is 1. The first-order valence-electron chi connectivity index (χ1n) is 2.88. The van der Waals surface area contributed by atoms with Crippen molar-refractivity contribution in [2.75, 3.05) is 0 Å². The standard InChI is InChI=1S/C6H6N2O3/c1-8-5(9)4(6(10)11)2-3-7-8/h2-3H,1H3,(H,10,11). The van der Waals surface area contributed by atoms with Crippen LogP contribution in [0.1, 0.15) is 10.4 Å². The first-order chi connectivity index (χ1) is 5.13. The van der Waals surface area contributed by atoms with Crippen LogP contribution in [0.3, 0.4) is 0 Å². The Morgan fingerprint density at radius 1 is 1.73 bits per heavy atom. The van der Waals surface area contributed by atoms with Crippen LogP contribution in [-0.2, 0) is 7.05 Å². The van der Waals surface area contributed by atoms with E-state index in [2.05, 4.69) is 5.10 Å². The normalized spacial score (nSPS) is 9.55. The minimum Gasteiger partial charge on any atom is -0.477 e. The van der Waals surface area contributed by atoms with Gasteiger partial charge in [0.25, 0.3) is 5.56 Å². The first kappa shape index (κ1) is 7.46. The van der Waals surface area contributed by atoms with Gasteiger partial charge >= 0.3 is 5.97 Å². The Hall–Kier alpha value is -1.65. The topological polar surface area (TPSA) is 72.2 Å².